The van der Waals surface area contributed by atoms with Gasteiger partial charge in [0.25, 0.3) is 0 Å². The average Bonchev–Trinajstić information content (AvgIpc) is 3.01. The third-order valence-electron chi connectivity index (χ3n) is 3.80. The number of nitrogens with zero attached hydrogens (tertiary/aromatic N) is 1. The van der Waals surface area contributed by atoms with E-state index in [0.29, 0.717) is 6.54 Å². The summed E-state index contributed by atoms with van der Waals surface area (Å²) in [6.45, 7) is 0.873. The van der Waals surface area contributed by atoms with E-state index in [-0.39, 0.29) is 24.9 Å². The van der Waals surface area contributed by atoms with Gasteiger partial charge in [-0.05, 0) is 29.8 Å². The summed E-state index contributed by atoms with van der Waals surface area (Å²) in [6.07, 6.45) is -0.839. The molecule has 7 heteroatoms. The van der Waals surface area contributed by atoms with E-state index in [1.54, 1.807) is 12.1 Å². The molecule has 1 heterocycles. The van der Waals surface area contributed by atoms with Gasteiger partial charge in [-0.1, -0.05) is 30.3 Å². The molecule has 25 heavy (non-hydrogen) atoms. The number of benzene rings is 2. The van der Waals surface area contributed by atoms with Gasteiger partial charge in [-0.2, -0.15) is 0 Å². The van der Waals surface area contributed by atoms with Crippen LogP contribution in [0.25, 0.3) is 0 Å². The van der Waals surface area contributed by atoms with Crippen molar-refractivity contribution in [2.75, 3.05) is 18.0 Å². The van der Waals surface area contributed by atoms with Crippen LogP contribution in [0.15, 0.2) is 54.6 Å². The zero-order valence-electron chi connectivity index (χ0n) is 13.4. The van der Waals surface area contributed by atoms with Gasteiger partial charge in [0, 0.05) is 12.2 Å². The Morgan fingerprint density at radius 1 is 1.12 bits per heavy atom. The van der Waals surface area contributed by atoms with Crippen molar-refractivity contribution in [3.63, 3.8) is 0 Å². The summed E-state index contributed by atoms with van der Waals surface area (Å²) < 4.78 is 18.1. The van der Waals surface area contributed by atoms with Crippen LogP contribution in [0.3, 0.4) is 0 Å². The highest BCUT2D eigenvalue weighted by molar-refractivity contribution is 5.89. The monoisotopic (exact) mass is 343 g/mol. The SMILES string of the molecule is O=C(NCc1ccc(F)cc1)NC[C@@H]1CN(c2ccccc2)C(=O)O1. The van der Waals surface area contributed by atoms with Gasteiger partial charge in [0.1, 0.15) is 11.9 Å². The predicted molar refractivity (Wildman–Crippen MR) is 90.7 cm³/mol. The number of urea groups is 1. The molecule has 0 saturated carbocycles. The van der Waals surface area contributed by atoms with Crippen LogP contribution in [-0.4, -0.2) is 31.3 Å². The molecule has 6 nitrogen and oxygen atoms in total. The normalized spacial score (nSPS) is 16.4. The number of carbonyl (C=O) groups is 2. The number of amides is 3. The van der Waals surface area contributed by atoms with Gasteiger partial charge in [0.05, 0.1) is 13.1 Å². The van der Waals surface area contributed by atoms with Crippen LogP contribution in [0.1, 0.15) is 5.56 Å². The molecule has 2 N–H and O–H groups in total. The molecule has 1 fully saturated rings. The number of hydrogen-bond acceptors (Lipinski definition) is 3. The number of anilines is 1. The quantitative estimate of drug-likeness (QED) is 0.877. The number of ether oxygens (including phenoxy) is 1. The van der Waals surface area contributed by atoms with Crippen LogP contribution < -0.4 is 15.5 Å². The van der Waals surface area contributed by atoms with E-state index in [4.69, 9.17) is 4.74 Å². The number of nitrogens with one attached hydrogen (secondary N) is 2. The fourth-order valence-electron chi connectivity index (χ4n) is 2.50. The maximum absolute atomic E-state index is 12.8. The van der Waals surface area contributed by atoms with Gasteiger partial charge in [0.2, 0.25) is 0 Å². The van der Waals surface area contributed by atoms with E-state index < -0.39 is 12.2 Å². The second-order valence-corrected chi connectivity index (χ2v) is 5.64. The van der Waals surface area contributed by atoms with E-state index >= 15 is 0 Å². The fraction of sp³-hybridized carbons (Fsp3) is 0.222. The molecule has 0 aromatic heterocycles. The second kappa shape index (κ2) is 7.65. The van der Waals surface area contributed by atoms with Crippen molar-refractivity contribution < 1.29 is 18.7 Å². The summed E-state index contributed by atoms with van der Waals surface area (Å²) in [5.41, 5.74) is 1.55. The lowest BCUT2D eigenvalue weighted by Gasteiger charge is -2.13. The molecule has 0 spiro atoms. The third kappa shape index (κ3) is 4.47. The molecule has 1 aliphatic heterocycles. The maximum Gasteiger partial charge on any atom is 0.414 e. The van der Waals surface area contributed by atoms with Gasteiger partial charge in [-0.25, -0.2) is 14.0 Å². The van der Waals surface area contributed by atoms with Crippen LogP contribution in [0.4, 0.5) is 19.7 Å². The molecule has 2 aromatic rings. The summed E-state index contributed by atoms with van der Waals surface area (Å²) >= 11 is 0. The number of hydrogen-bond donors (Lipinski definition) is 2. The van der Waals surface area contributed by atoms with Gasteiger partial charge in [0.15, 0.2) is 0 Å². The van der Waals surface area contributed by atoms with E-state index in [1.165, 1.54) is 17.0 Å². The minimum Gasteiger partial charge on any atom is -0.442 e. The first-order valence-electron chi connectivity index (χ1n) is 7.91. The molecular weight excluding hydrogens is 325 g/mol. The first-order valence-corrected chi connectivity index (χ1v) is 7.91. The van der Waals surface area contributed by atoms with Crippen molar-refractivity contribution in [1.29, 1.82) is 0 Å². The maximum atomic E-state index is 12.8. The lowest BCUT2D eigenvalue weighted by Crippen LogP contribution is -2.40. The van der Waals surface area contributed by atoms with E-state index in [2.05, 4.69) is 10.6 Å². The second-order valence-electron chi connectivity index (χ2n) is 5.64. The molecule has 0 radical (unpaired) electrons. The Balaban J connectivity index is 1.43. The summed E-state index contributed by atoms with van der Waals surface area (Å²) in [5, 5.41) is 5.34. The lowest BCUT2D eigenvalue weighted by atomic mass is 10.2. The Morgan fingerprint density at radius 3 is 2.56 bits per heavy atom. The van der Waals surface area contributed by atoms with Crippen LogP contribution >= 0.6 is 0 Å². The van der Waals surface area contributed by atoms with Crippen LogP contribution in [0, 0.1) is 5.82 Å². The predicted octanol–water partition coefficient (Wildman–Crippen LogP) is 2.65. The van der Waals surface area contributed by atoms with Crippen molar-refractivity contribution in [2.45, 2.75) is 12.6 Å². The zero-order chi connectivity index (χ0) is 17.6. The van der Waals surface area contributed by atoms with E-state index in [0.717, 1.165) is 11.3 Å². The van der Waals surface area contributed by atoms with Crippen molar-refractivity contribution in [3.8, 4) is 0 Å². The van der Waals surface area contributed by atoms with Gasteiger partial charge in [-0.3, -0.25) is 4.90 Å². The molecule has 1 atom stereocenters. The van der Waals surface area contributed by atoms with Crippen molar-refractivity contribution in [1.82, 2.24) is 10.6 Å². The van der Waals surface area contributed by atoms with Crippen LogP contribution in [-0.2, 0) is 11.3 Å². The van der Waals surface area contributed by atoms with Gasteiger partial charge < -0.3 is 15.4 Å². The lowest BCUT2D eigenvalue weighted by molar-refractivity contribution is 0.140. The number of cyclic esters (lactones) is 1. The minimum absolute atomic E-state index is 0.213. The highest BCUT2D eigenvalue weighted by Crippen LogP contribution is 2.20. The molecule has 1 aliphatic rings. The van der Waals surface area contributed by atoms with Gasteiger partial charge >= 0.3 is 12.1 Å². The molecule has 3 rings (SSSR count). The largest absolute Gasteiger partial charge is 0.442 e. The number of carbonyl (C=O) groups excluding carboxylic acids is 2. The third-order valence-corrected chi connectivity index (χ3v) is 3.80. The summed E-state index contributed by atoms with van der Waals surface area (Å²) in [4.78, 5) is 25.3. The van der Waals surface area contributed by atoms with Crippen LogP contribution in [0.5, 0.6) is 0 Å². The highest BCUT2D eigenvalue weighted by atomic mass is 19.1. The first-order chi connectivity index (χ1) is 12.1. The standard InChI is InChI=1S/C18H18FN3O3/c19-14-8-6-13(7-9-14)10-20-17(23)21-11-16-12-22(18(24)25-16)15-4-2-1-3-5-15/h1-9,16H,10-12H2,(H2,20,21,23)/t16-/m1/s1. The van der Waals surface area contributed by atoms with Crippen molar-refractivity contribution >= 4 is 17.8 Å². The molecule has 0 bridgehead atoms. The smallest absolute Gasteiger partial charge is 0.414 e. The average molecular weight is 343 g/mol. The van der Waals surface area contributed by atoms with E-state index in [9.17, 15) is 14.0 Å². The first kappa shape index (κ1) is 16.8. The molecule has 0 unspecified atom stereocenters. The summed E-state index contributed by atoms with van der Waals surface area (Å²) in [5.74, 6) is -0.320. The van der Waals surface area contributed by atoms with Crippen molar-refractivity contribution in [3.05, 3.63) is 66.0 Å². The molecule has 130 valence electrons. The number of para-hydroxylation sites is 1. The Hall–Kier alpha value is -3.09. The number of halogens is 1. The highest BCUT2D eigenvalue weighted by Gasteiger charge is 2.32. The Kier molecular flexibility index (Phi) is 5.13. The molecule has 2 aromatic carbocycles. The fourth-order valence-corrected chi connectivity index (χ4v) is 2.50. The minimum atomic E-state index is -0.426. The zero-order valence-corrected chi connectivity index (χ0v) is 13.4. The summed E-state index contributed by atoms with van der Waals surface area (Å²) in [6, 6.07) is 14.7. The summed E-state index contributed by atoms with van der Waals surface area (Å²) in [7, 11) is 0. The molecule has 1 saturated heterocycles. The van der Waals surface area contributed by atoms with Crippen molar-refractivity contribution in [2.24, 2.45) is 0 Å². The Labute approximate surface area is 144 Å². The Bertz CT molecular complexity index is 737. The van der Waals surface area contributed by atoms with E-state index in [1.807, 2.05) is 30.3 Å². The Morgan fingerprint density at radius 2 is 1.84 bits per heavy atom. The molecule has 0 aliphatic carbocycles. The van der Waals surface area contributed by atoms with Crippen LogP contribution in [0.2, 0.25) is 0 Å². The molecular formula is C18H18FN3O3. The number of rotatable bonds is 5. The molecule has 3 amide bonds. The van der Waals surface area contributed by atoms with Gasteiger partial charge in [-0.15, -0.1) is 0 Å². The topological polar surface area (TPSA) is 70.7 Å².